The van der Waals surface area contributed by atoms with Gasteiger partial charge in [-0.2, -0.15) is 4.48 Å². The van der Waals surface area contributed by atoms with Crippen molar-refractivity contribution in [2.45, 2.75) is 46.4 Å². The first kappa shape index (κ1) is 19.8. The second kappa shape index (κ2) is 7.41. The molecule has 138 valence electrons. The Bertz CT molecular complexity index is 666. The highest BCUT2D eigenvalue weighted by atomic mass is 35.5. The molecule has 0 aliphatic carbocycles. The van der Waals surface area contributed by atoms with Crippen molar-refractivity contribution in [3.63, 3.8) is 0 Å². The van der Waals surface area contributed by atoms with E-state index in [0.29, 0.717) is 24.7 Å². The highest BCUT2D eigenvalue weighted by Gasteiger charge is 2.54. The molecule has 1 saturated heterocycles. The zero-order chi connectivity index (χ0) is 18.8. The Kier molecular flexibility index (Phi) is 5.89. The molecule has 1 aliphatic rings. The van der Waals surface area contributed by atoms with E-state index in [1.165, 1.54) is 0 Å². The summed E-state index contributed by atoms with van der Waals surface area (Å²) in [5.41, 5.74) is 6.82. The molecule has 25 heavy (non-hydrogen) atoms. The smallest absolute Gasteiger partial charge is 0.379 e. The molecule has 0 spiro atoms. The van der Waals surface area contributed by atoms with E-state index in [-0.39, 0.29) is 17.1 Å². The summed E-state index contributed by atoms with van der Waals surface area (Å²) in [5.74, 6) is -0.443. The minimum Gasteiger partial charge on any atom is -0.379 e. The van der Waals surface area contributed by atoms with Gasteiger partial charge in [0.25, 0.3) is 0 Å². The van der Waals surface area contributed by atoms with Crippen LogP contribution in [0.1, 0.15) is 38.3 Å². The molecule has 7 heteroatoms. The predicted octanol–water partition coefficient (Wildman–Crippen LogP) is 2.16. The molecule has 6 nitrogen and oxygen atoms in total. The zero-order valence-electron chi connectivity index (χ0n) is 15.0. The van der Waals surface area contributed by atoms with E-state index >= 15 is 0 Å². The molecule has 3 amide bonds. The number of halogens is 1. The summed E-state index contributed by atoms with van der Waals surface area (Å²) in [7, 11) is 0. The lowest BCUT2D eigenvalue weighted by Crippen LogP contribution is -2.71. The topological polar surface area (TPSA) is 92.4 Å². The van der Waals surface area contributed by atoms with Gasteiger partial charge in [0, 0.05) is 29.9 Å². The number of aliphatic hydroxyl groups excluding tert-OH is 1. The van der Waals surface area contributed by atoms with Crippen LogP contribution in [-0.2, 0) is 17.9 Å². The Balaban J connectivity index is 2.13. The molecule has 1 heterocycles. The van der Waals surface area contributed by atoms with E-state index in [0.717, 1.165) is 17.5 Å². The molecule has 1 atom stereocenters. The molecule has 4 N–H and O–H groups in total. The summed E-state index contributed by atoms with van der Waals surface area (Å²) in [6.45, 7) is 6.75. The minimum atomic E-state index is -1.19. The maximum absolute atomic E-state index is 12.7. The van der Waals surface area contributed by atoms with Crippen LogP contribution in [0.15, 0.2) is 18.2 Å². The van der Waals surface area contributed by atoms with Gasteiger partial charge >= 0.3 is 11.9 Å². The van der Waals surface area contributed by atoms with Gasteiger partial charge in [0.2, 0.25) is 0 Å². The first-order chi connectivity index (χ1) is 11.6. The van der Waals surface area contributed by atoms with E-state index in [2.05, 4.69) is 5.32 Å². The molecule has 0 radical (unpaired) electrons. The van der Waals surface area contributed by atoms with E-state index in [4.69, 9.17) is 17.3 Å². The van der Waals surface area contributed by atoms with Gasteiger partial charge in [-0.15, -0.1) is 0 Å². The number of carbonyl (C=O) groups is 2. The van der Waals surface area contributed by atoms with E-state index in [1.807, 2.05) is 6.07 Å². The van der Waals surface area contributed by atoms with Gasteiger partial charge in [-0.25, -0.2) is 9.59 Å². The van der Waals surface area contributed by atoms with Crippen LogP contribution in [0.2, 0.25) is 5.02 Å². The van der Waals surface area contributed by atoms with Crippen molar-refractivity contribution < 1.29 is 19.2 Å². The van der Waals surface area contributed by atoms with Crippen molar-refractivity contribution in [3.8, 4) is 0 Å². The molecule has 1 fully saturated rings. The van der Waals surface area contributed by atoms with Gasteiger partial charge in [0.1, 0.15) is 13.1 Å². The summed E-state index contributed by atoms with van der Waals surface area (Å²) >= 11 is 6.02. The lowest BCUT2D eigenvalue weighted by Gasteiger charge is -2.42. The van der Waals surface area contributed by atoms with Crippen molar-refractivity contribution >= 4 is 23.5 Å². The normalized spacial score (nSPS) is 17.5. The summed E-state index contributed by atoms with van der Waals surface area (Å²) in [5, 5.41) is 13.7. The van der Waals surface area contributed by atoms with Gasteiger partial charge in [-0.1, -0.05) is 38.4 Å². The summed E-state index contributed by atoms with van der Waals surface area (Å²) in [4.78, 5) is 25.5. The van der Waals surface area contributed by atoms with Crippen LogP contribution < -0.4 is 11.1 Å². The number of aliphatic hydroxyl groups is 1. The third-order valence-electron chi connectivity index (χ3n) is 4.76. The minimum absolute atomic E-state index is 0.241. The standard InChI is InChI=1S/C18H26ClN3O3/c1-18(2,3)15(23)16(24)22(7-4-8-22)17(25)21-11-13-9-14(19)6-5-12(13)10-20/h5-6,9,15,23H,4,7-8,10-11,20H2,1-3H3/p+1/t15-/m0/s1. The van der Waals surface area contributed by atoms with Gasteiger partial charge in [0.15, 0.2) is 6.10 Å². The van der Waals surface area contributed by atoms with Crippen LogP contribution in [0.3, 0.4) is 0 Å². The van der Waals surface area contributed by atoms with Crippen LogP contribution >= 0.6 is 11.6 Å². The fourth-order valence-corrected chi connectivity index (χ4v) is 3.08. The highest BCUT2D eigenvalue weighted by molar-refractivity contribution is 6.30. The number of rotatable bonds is 4. The lowest BCUT2D eigenvalue weighted by atomic mass is 9.87. The van der Waals surface area contributed by atoms with Gasteiger partial charge in [-0.3, -0.25) is 0 Å². The van der Waals surface area contributed by atoms with Crippen LogP contribution in [0.4, 0.5) is 4.79 Å². The number of quaternary nitrogens is 1. The monoisotopic (exact) mass is 368 g/mol. The largest absolute Gasteiger partial charge is 0.424 e. The van der Waals surface area contributed by atoms with Crippen molar-refractivity contribution in [2.75, 3.05) is 13.1 Å². The Labute approximate surface area is 153 Å². The SMILES string of the molecule is CC(C)(C)[C@@H](O)C(=O)[N+]1(C(=O)NCc2cc(Cl)ccc2CN)CCC1. The number of nitrogens with zero attached hydrogens (tertiary/aromatic N) is 1. The van der Waals surface area contributed by atoms with Crippen molar-refractivity contribution in [2.24, 2.45) is 11.1 Å². The van der Waals surface area contributed by atoms with Crippen LogP contribution in [-0.4, -0.2) is 40.7 Å². The maximum Gasteiger partial charge on any atom is 0.424 e. The molecule has 0 unspecified atom stereocenters. The molecule has 1 aliphatic heterocycles. The fraction of sp³-hybridized carbons (Fsp3) is 0.556. The molecular weight excluding hydrogens is 342 g/mol. The summed E-state index contributed by atoms with van der Waals surface area (Å²) in [6.07, 6.45) is -0.411. The average Bonchev–Trinajstić information content (AvgIpc) is 2.50. The highest BCUT2D eigenvalue weighted by Crippen LogP contribution is 2.29. The molecule has 0 saturated carbocycles. The van der Waals surface area contributed by atoms with Gasteiger partial charge < -0.3 is 16.2 Å². The van der Waals surface area contributed by atoms with Crippen molar-refractivity contribution in [1.82, 2.24) is 5.32 Å². The Morgan fingerprint density at radius 1 is 1.32 bits per heavy atom. The van der Waals surface area contributed by atoms with Crippen LogP contribution in [0, 0.1) is 5.41 Å². The first-order valence-electron chi connectivity index (χ1n) is 8.47. The van der Waals surface area contributed by atoms with Crippen LogP contribution in [0.5, 0.6) is 0 Å². The second-order valence-electron chi connectivity index (χ2n) is 7.65. The number of hydrogen-bond donors (Lipinski definition) is 3. The number of carbonyl (C=O) groups excluding carboxylic acids is 2. The van der Waals surface area contributed by atoms with Crippen molar-refractivity contribution in [1.29, 1.82) is 0 Å². The number of nitrogens with one attached hydrogen (secondary N) is 1. The Morgan fingerprint density at radius 3 is 2.44 bits per heavy atom. The average molecular weight is 369 g/mol. The molecule has 2 rings (SSSR count). The number of hydrogen-bond acceptors (Lipinski definition) is 4. The number of likely N-dealkylation sites (tertiary alicyclic amines) is 1. The molecule has 1 aromatic carbocycles. The summed E-state index contributed by atoms with van der Waals surface area (Å²) in [6, 6.07) is 4.95. The Hall–Kier alpha value is -1.47. The number of urea groups is 1. The molecule has 1 aromatic rings. The van der Waals surface area contributed by atoms with Crippen molar-refractivity contribution in [3.05, 3.63) is 34.3 Å². The third-order valence-corrected chi connectivity index (χ3v) is 5.00. The first-order valence-corrected chi connectivity index (χ1v) is 8.85. The molecule has 0 aromatic heterocycles. The zero-order valence-corrected chi connectivity index (χ0v) is 15.8. The molecular formula is C18H27ClN3O3+. The van der Waals surface area contributed by atoms with Crippen LogP contribution in [0.25, 0.3) is 0 Å². The summed E-state index contributed by atoms with van der Waals surface area (Å²) < 4.78 is -0.350. The molecule has 0 bridgehead atoms. The third kappa shape index (κ3) is 4.03. The van der Waals surface area contributed by atoms with E-state index < -0.39 is 17.4 Å². The lowest BCUT2D eigenvalue weighted by molar-refractivity contribution is -0.818. The van der Waals surface area contributed by atoms with Gasteiger partial charge in [0.05, 0.1) is 0 Å². The number of amides is 3. The number of imide groups is 1. The van der Waals surface area contributed by atoms with E-state index in [1.54, 1.807) is 32.9 Å². The number of nitrogens with two attached hydrogens (primary N) is 1. The van der Waals surface area contributed by atoms with Gasteiger partial charge in [-0.05, 0) is 23.3 Å². The number of benzene rings is 1. The Morgan fingerprint density at radius 2 is 1.96 bits per heavy atom. The predicted molar refractivity (Wildman–Crippen MR) is 96.7 cm³/mol. The maximum atomic E-state index is 12.7. The fourth-order valence-electron chi connectivity index (χ4n) is 2.88. The van der Waals surface area contributed by atoms with E-state index in [9.17, 15) is 14.7 Å². The quantitative estimate of drug-likeness (QED) is 0.710. The second-order valence-corrected chi connectivity index (χ2v) is 8.09.